The van der Waals surface area contributed by atoms with Crippen molar-refractivity contribution in [2.75, 3.05) is 90.6 Å². The van der Waals surface area contributed by atoms with Crippen molar-refractivity contribution in [3.63, 3.8) is 0 Å². The molecule has 3 heterocycles. The van der Waals surface area contributed by atoms with Gasteiger partial charge in [0.1, 0.15) is 35.5 Å². The van der Waals surface area contributed by atoms with Crippen LogP contribution in [0.2, 0.25) is 0 Å². The second-order valence-corrected chi connectivity index (χ2v) is 23.9. The third-order valence-corrected chi connectivity index (χ3v) is 14.9. The molecule has 4 amide bonds. The van der Waals surface area contributed by atoms with Crippen LogP contribution in [0.4, 0.5) is 20.2 Å². The molecule has 82 heavy (non-hydrogen) atoms. The molecule has 0 bridgehead atoms. The number of rotatable bonds is 14. The van der Waals surface area contributed by atoms with Crippen LogP contribution in [0.1, 0.15) is 106 Å². The predicted octanol–water partition coefficient (Wildman–Crippen LogP) is 5.52. The van der Waals surface area contributed by atoms with Crippen molar-refractivity contribution < 1.29 is 75.6 Å². The maximum absolute atomic E-state index is 15.9. The van der Waals surface area contributed by atoms with Crippen molar-refractivity contribution in [2.45, 2.75) is 168 Å². The lowest BCUT2D eigenvalue weighted by Crippen LogP contribution is -2.55. The van der Waals surface area contributed by atoms with Gasteiger partial charge >= 0.3 is 23.9 Å². The van der Waals surface area contributed by atoms with Crippen molar-refractivity contribution in [3.8, 4) is 0 Å². The second kappa shape index (κ2) is 29.2. The molecular weight excluding hydrogens is 1070 g/mol. The first-order valence-corrected chi connectivity index (χ1v) is 28.4. The lowest BCUT2D eigenvalue weighted by Gasteiger charge is -2.36. The number of benzene rings is 2. The van der Waals surface area contributed by atoms with Gasteiger partial charge in [0.2, 0.25) is 0 Å². The molecule has 0 N–H and O–H groups in total. The largest absolute Gasteiger partial charge is 0.451 e. The fourth-order valence-electron chi connectivity index (χ4n) is 10.2. The van der Waals surface area contributed by atoms with Crippen LogP contribution in [-0.2, 0) is 79.6 Å². The molecule has 0 aliphatic carbocycles. The summed E-state index contributed by atoms with van der Waals surface area (Å²) in [6, 6.07) is 8.19. The van der Waals surface area contributed by atoms with Crippen molar-refractivity contribution in [1.82, 2.24) is 19.6 Å². The minimum atomic E-state index is -2.11. The summed E-state index contributed by atoms with van der Waals surface area (Å²) in [5, 5.41) is 0. The Morgan fingerprint density at radius 3 is 1.01 bits per heavy atom. The molecule has 2 aromatic carbocycles. The number of cyclic esters (lactones) is 4. The minimum Gasteiger partial charge on any atom is -0.451 e. The number of hydrogen-bond donors (Lipinski definition) is 0. The Bertz CT molecular complexity index is 2340. The summed E-state index contributed by atoms with van der Waals surface area (Å²) in [7, 11) is 5.04. The summed E-state index contributed by atoms with van der Waals surface area (Å²) < 4.78 is 66.5. The number of carbonyl (C=O) groups is 8. The number of esters is 4. The molecule has 0 aromatic heterocycles. The monoisotopic (exact) mass is 1150 g/mol. The molecular formula is C60H88F2N6O14. The molecule has 0 spiro atoms. The van der Waals surface area contributed by atoms with Crippen LogP contribution >= 0.6 is 0 Å². The standard InChI is InChI=1S/C60H88F2N6O14/c1-37(2)31-45-55(73)79-39(5)51(69)65(13)48(36-60(9,10)62)58(76)82-50(34-42-17-21-44(22-18-42)68-25-29-78-30-26-68)54(72)64(12)46(32-38(3)4)56(74)80-40(6)52(70)66(14)47(35-59(7,8)61)57(75)81-49(53(71)63(45)11)33-41-15-19-43(20-16-41)67-23-27-77-28-24-67/h15-22,37-40,45-50H,23-36H2,1-14H3/t39-,40-,45+,46+,47+,48+,49-,50-/m1/s1. The Balaban J connectivity index is 1.61. The number of likely N-dealkylation sites (N-methyl/N-ethyl adjacent to an activating group) is 4. The SMILES string of the molecule is CC(C)C[C@H]1C(=O)O[C@H](C)C(=O)N(C)[C@@H](CC(C)(C)F)C(=O)O[C@H](Cc2ccc(N3CCOCC3)cc2)C(=O)N(C)[C@@H](CC(C)C)C(=O)O[C@H](C)C(=O)N(C)[C@@H](CC(C)(C)F)C(=O)O[C@H](Cc2ccc(N3CCOCC3)cc2)C(=O)N1C. The Morgan fingerprint density at radius 2 is 0.732 bits per heavy atom. The maximum Gasteiger partial charge on any atom is 0.329 e. The van der Waals surface area contributed by atoms with Crippen LogP contribution in [0, 0.1) is 11.8 Å². The van der Waals surface area contributed by atoms with Gasteiger partial charge < -0.3 is 57.8 Å². The first-order valence-electron chi connectivity index (χ1n) is 28.4. The van der Waals surface area contributed by atoms with E-state index in [1.165, 1.54) is 69.7 Å². The highest BCUT2D eigenvalue weighted by molar-refractivity contribution is 5.94. The van der Waals surface area contributed by atoms with Crippen LogP contribution < -0.4 is 9.80 Å². The summed E-state index contributed by atoms with van der Waals surface area (Å²) in [4.78, 5) is 125. The second-order valence-electron chi connectivity index (χ2n) is 23.9. The van der Waals surface area contributed by atoms with Crippen molar-refractivity contribution >= 4 is 58.9 Å². The van der Waals surface area contributed by atoms with Crippen LogP contribution in [0.15, 0.2) is 48.5 Å². The van der Waals surface area contributed by atoms with Crippen LogP contribution in [0.5, 0.6) is 0 Å². The summed E-state index contributed by atoms with van der Waals surface area (Å²) in [6.45, 7) is 19.2. The Labute approximate surface area is 482 Å². The molecule has 456 valence electrons. The molecule has 3 fully saturated rings. The fraction of sp³-hybridized carbons (Fsp3) is 0.667. The molecule has 3 saturated heterocycles. The van der Waals surface area contributed by atoms with E-state index in [4.69, 9.17) is 28.4 Å². The molecule has 20 nitrogen and oxygen atoms in total. The first kappa shape index (κ1) is 66.4. The van der Waals surface area contributed by atoms with E-state index < -0.39 is 120 Å². The summed E-state index contributed by atoms with van der Waals surface area (Å²) in [5.74, 6) is -8.61. The zero-order valence-electron chi connectivity index (χ0n) is 50.4. The van der Waals surface area contributed by atoms with Crippen molar-refractivity contribution in [1.29, 1.82) is 0 Å². The lowest BCUT2D eigenvalue weighted by molar-refractivity contribution is -0.176. The average Bonchev–Trinajstić information content (AvgIpc) is 3.64. The van der Waals surface area contributed by atoms with Gasteiger partial charge in [0.05, 0.1) is 26.4 Å². The van der Waals surface area contributed by atoms with E-state index in [1.54, 1.807) is 52.0 Å². The molecule has 0 radical (unpaired) electrons. The van der Waals surface area contributed by atoms with Gasteiger partial charge in [0.15, 0.2) is 24.4 Å². The van der Waals surface area contributed by atoms with Gasteiger partial charge in [-0.15, -0.1) is 0 Å². The Morgan fingerprint density at radius 1 is 0.451 bits per heavy atom. The minimum absolute atomic E-state index is 0.0118. The smallest absolute Gasteiger partial charge is 0.329 e. The van der Waals surface area contributed by atoms with Crippen LogP contribution in [-0.4, -0.2) is 208 Å². The Hall–Kier alpha value is -6.42. The van der Waals surface area contributed by atoms with E-state index in [1.807, 2.05) is 24.3 Å². The van der Waals surface area contributed by atoms with Gasteiger partial charge in [0, 0.05) is 91.4 Å². The molecule has 5 rings (SSSR count). The maximum atomic E-state index is 15.9. The van der Waals surface area contributed by atoms with Gasteiger partial charge in [-0.25, -0.2) is 28.0 Å². The highest BCUT2D eigenvalue weighted by Crippen LogP contribution is 2.28. The molecule has 8 atom stereocenters. The topological polar surface area (TPSA) is 211 Å². The van der Waals surface area contributed by atoms with E-state index in [0.717, 1.165) is 31.0 Å². The highest BCUT2D eigenvalue weighted by Gasteiger charge is 2.44. The van der Waals surface area contributed by atoms with Crippen molar-refractivity contribution in [2.24, 2.45) is 11.8 Å². The molecule has 2 aromatic rings. The third-order valence-electron chi connectivity index (χ3n) is 14.9. The summed E-state index contributed by atoms with van der Waals surface area (Å²) in [6.07, 6.45) is -8.43. The van der Waals surface area contributed by atoms with Crippen LogP contribution in [0.25, 0.3) is 0 Å². The van der Waals surface area contributed by atoms with E-state index >= 15 is 8.78 Å². The molecule has 22 heteroatoms. The number of morpholine rings is 2. The van der Waals surface area contributed by atoms with Gasteiger partial charge in [-0.3, -0.25) is 19.2 Å². The predicted molar refractivity (Wildman–Crippen MR) is 302 cm³/mol. The van der Waals surface area contributed by atoms with E-state index in [2.05, 4.69) is 9.80 Å². The normalized spacial score (nSPS) is 25.5. The lowest BCUT2D eigenvalue weighted by atomic mass is 9.98. The number of nitrogens with zero attached hydrogens (tertiary/aromatic N) is 6. The number of amides is 4. The van der Waals surface area contributed by atoms with Gasteiger partial charge in [-0.1, -0.05) is 52.0 Å². The third kappa shape index (κ3) is 18.8. The highest BCUT2D eigenvalue weighted by atomic mass is 19.1. The van der Waals surface area contributed by atoms with Crippen molar-refractivity contribution in [3.05, 3.63) is 59.7 Å². The number of halogens is 2. The number of alkyl halides is 2. The summed E-state index contributed by atoms with van der Waals surface area (Å²) in [5.41, 5.74) is -1.39. The van der Waals surface area contributed by atoms with Gasteiger partial charge in [-0.05, 0) is 102 Å². The number of carbonyl (C=O) groups excluding carboxylic acids is 8. The van der Waals surface area contributed by atoms with Crippen LogP contribution in [0.3, 0.4) is 0 Å². The number of ether oxygens (including phenoxy) is 6. The first-order chi connectivity index (χ1) is 38.3. The van der Waals surface area contributed by atoms with E-state index in [0.29, 0.717) is 63.7 Å². The Kier molecular flexibility index (Phi) is 23.6. The quantitative estimate of drug-likeness (QED) is 0.168. The number of anilines is 2. The summed E-state index contributed by atoms with van der Waals surface area (Å²) >= 11 is 0. The molecule has 0 saturated carbocycles. The zero-order chi connectivity index (χ0) is 61.0. The van der Waals surface area contributed by atoms with Gasteiger partial charge in [-0.2, -0.15) is 0 Å². The average molecular weight is 1160 g/mol. The fourth-order valence-corrected chi connectivity index (χ4v) is 10.2. The van der Waals surface area contributed by atoms with E-state index in [9.17, 15) is 38.4 Å². The van der Waals surface area contributed by atoms with Gasteiger partial charge in [0.25, 0.3) is 23.6 Å². The molecule has 0 unspecified atom stereocenters. The van der Waals surface area contributed by atoms with E-state index in [-0.39, 0.29) is 37.5 Å². The number of hydrogen-bond acceptors (Lipinski definition) is 16. The zero-order valence-corrected chi connectivity index (χ0v) is 50.4. The molecule has 3 aliphatic rings. The molecule has 3 aliphatic heterocycles.